The largest absolute Gasteiger partial charge is 0.373 e. The number of rotatable bonds is 5. The number of thiazole rings is 1. The monoisotopic (exact) mass is 452 g/mol. The van der Waals surface area contributed by atoms with Gasteiger partial charge < -0.3 is 9.64 Å². The molecule has 0 aromatic carbocycles. The summed E-state index contributed by atoms with van der Waals surface area (Å²) in [5, 5.41) is 5.59. The molecule has 0 N–H and O–H groups in total. The molecule has 3 aromatic heterocycles. The SMILES string of the molecule is CN(C)c1nc2nc([C@H]3CCO[C@H](c4cnn(C5CC5)c4)C3)nc(C3CCCCC3)c2s1. The van der Waals surface area contributed by atoms with Crippen LogP contribution in [0.5, 0.6) is 0 Å². The van der Waals surface area contributed by atoms with Crippen molar-refractivity contribution < 1.29 is 4.74 Å². The Hall–Kier alpha value is -2.06. The summed E-state index contributed by atoms with van der Waals surface area (Å²) in [6.07, 6.45) is 15.0. The average molecular weight is 453 g/mol. The smallest absolute Gasteiger partial charge is 0.187 e. The van der Waals surface area contributed by atoms with Crippen LogP contribution in [0.15, 0.2) is 12.4 Å². The third kappa shape index (κ3) is 3.92. The lowest BCUT2D eigenvalue weighted by Crippen LogP contribution is -2.21. The van der Waals surface area contributed by atoms with Crippen LogP contribution in [0, 0.1) is 0 Å². The van der Waals surface area contributed by atoms with Crippen molar-refractivity contribution in [2.75, 3.05) is 25.6 Å². The molecule has 3 aromatic rings. The van der Waals surface area contributed by atoms with Crippen LogP contribution in [-0.2, 0) is 4.74 Å². The Balaban J connectivity index is 1.32. The van der Waals surface area contributed by atoms with Crippen molar-refractivity contribution in [3.05, 3.63) is 29.5 Å². The number of fused-ring (bicyclic) bond motifs is 1. The molecular formula is C24H32N6OS. The Morgan fingerprint density at radius 1 is 1.00 bits per heavy atom. The van der Waals surface area contributed by atoms with Crippen LogP contribution in [0.2, 0.25) is 0 Å². The van der Waals surface area contributed by atoms with E-state index in [0.717, 1.165) is 36.1 Å². The number of anilines is 1. The first-order chi connectivity index (χ1) is 15.7. The van der Waals surface area contributed by atoms with Gasteiger partial charge in [0.05, 0.1) is 28.7 Å². The highest BCUT2D eigenvalue weighted by Gasteiger charge is 2.32. The second-order valence-corrected chi connectivity index (χ2v) is 10.9. The van der Waals surface area contributed by atoms with Gasteiger partial charge in [0.1, 0.15) is 5.82 Å². The van der Waals surface area contributed by atoms with E-state index in [9.17, 15) is 0 Å². The van der Waals surface area contributed by atoms with Gasteiger partial charge in [0, 0.05) is 44.3 Å². The Morgan fingerprint density at radius 3 is 2.62 bits per heavy atom. The molecule has 7 nitrogen and oxygen atoms in total. The molecule has 0 unspecified atom stereocenters. The third-order valence-corrected chi connectivity index (χ3v) is 8.46. The van der Waals surface area contributed by atoms with Gasteiger partial charge in [-0.15, -0.1) is 0 Å². The molecule has 6 rings (SSSR count). The topological polar surface area (TPSA) is 69.0 Å². The predicted octanol–water partition coefficient (Wildman–Crippen LogP) is 5.37. The lowest BCUT2D eigenvalue weighted by molar-refractivity contribution is 0.00391. The van der Waals surface area contributed by atoms with Crippen LogP contribution < -0.4 is 4.90 Å². The minimum absolute atomic E-state index is 0.0754. The minimum atomic E-state index is 0.0754. The first-order valence-electron chi connectivity index (χ1n) is 12.2. The van der Waals surface area contributed by atoms with E-state index >= 15 is 0 Å². The normalized spacial score (nSPS) is 24.8. The fraction of sp³-hybridized carbons (Fsp3) is 0.667. The molecule has 0 bridgehead atoms. The molecular weight excluding hydrogens is 420 g/mol. The Bertz CT molecular complexity index is 1100. The van der Waals surface area contributed by atoms with E-state index in [4.69, 9.17) is 19.7 Å². The van der Waals surface area contributed by atoms with Crippen LogP contribution >= 0.6 is 11.3 Å². The lowest BCUT2D eigenvalue weighted by atomic mass is 9.86. The Kier molecular flexibility index (Phi) is 5.38. The molecule has 3 fully saturated rings. The lowest BCUT2D eigenvalue weighted by Gasteiger charge is -2.29. The van der Waals surface area contributed by atoms with Crippen molar-refractivity contribution in [1.29, 1.82) is 0 Å². The molecule has 2 aliphatic carbocycles. The first kappa shape index (κ1) is 20.5. The summed E-state index contributed by atoms with van der Waals surface area (Å²) < 4.78 is 9.48. The van der Waals surface area contributed by atoms with Crippen molar-refractivity contribution in [3.8, 4) is 0 Å². The number of ether oxygens (including phenoxy) is 1. The van der Waals surface area contributed by atoms with Crippen molar-refractivity contribution in [3.63, 3.8) is 0 Å². The molecule has 1 saturated heterocycles. The highest BCUT2D eigenvalue weighted by molar-refractivity contribution is 7.22. The van der Waals surface area contributed by atoms with Crippen molar-refractivity contribution in [2.45, 2.75) is 81.8 Å². The van der Waals surface area contributed by atoms with Gasteiger partial charge in [-0.05, 0) is 38.5 Å². The van der Waals surface area contributed by atoms with Crippen LogP contribution in [0.4, 0.5) is 5.13 Å². The number of aromatic nitrogens is 5. The van der Waals surface area contributed by atoms with E-state index in [2.05, 4.69) is 35.0 Å². The molecule has 32 heavy (non-hydrogen) atoms. The summed E-state index contributed by atoms with van der Waals surface area (Å²) in [6, 6.07) is 0.600. The fourth-order valence-electron chi connectivity index (χ4n) is 5.20. The summed E-state index contributed by atoms with van der Waals surface area (Å²) in [7, 11) is 4.11. The molecule has 4 heterocycles. The zero-order chi connectivity index (χ0) is 21.7. The van der Waals surface area contributed by atoms with E-state index in [-0.39, 0.29) is 6.10 Å². The van der Waals surface area contributed by atoms with E-state index in [1.54, 1.807) is 11.3 Å². The van der Waals surface area contributed by atoms with Crippen molar-refractivity contribution in [1.82, 2.24) is 24.7 Å². The van der Waals surface area contributed by atoms with Crippen LogP contribution in [0.3, 0.4) is 0 Å². The molecule has 2 atom stereocenters. The van der Waals surface area contributed by atoms with E-state index < -0.39 is 0 Å². The predicted molar refractivity (Wildman–Crippen MR) is 127 cm³/mol. The maximum absolute atomic E-state index is 6.17. The van der Waals surface area contributed by atoms with Crippen molar-refractivity contribution >= 4 is 26.8 Å². The number of nitrogens with zero attached hydrogens (tertiary/aromatic N) is 6. The summed E-state index contributed by atoms with van der Waals surface area (Å²) >= 11 is 1.74. The van der Waals surface area contributed by atoms with Crippen LogP contribution in [0.25, 0.3) is 10.3 Å². The maximum atomic E-state index is 6.17. The zero-order valence-corrected chi connectivity index (χ0v) is 19.9. The summed E-state index contributed by atoms with van der Waals surface area (Å²) in [5.74, 6) is 1.81. The molecule has 8 heteroatoms. The summed E-state index contributed by atoms with van der Waals surface area (Å²) in [5.41, 5.74) is 3.33. The van der Waals surface area contributed by atoms with E-state index in [1.165, 1.54) is 60.9 Å². The van der Waals surface area contributed by atoms with Gasteiger partial charge in [0.25, 0.3) is 0 Å². The van der Waals surface area contributed by atoms with Crippen LogP contribution in [0.1, 0.15) is 98.9 Å². The fourth-order valence-corrected chi connectivity index (χ4v) is 6.20. The Morgan fingerprint density at radius 2 is 1.84 bits per heavy atom. The number of hydrogen-bond donors (Lipinski definition) is 0. The Labute approximate surface area is 193 Å². The molecule has 0 spiro atoms. The third-order valence-electron chi connectivity index (χ3n) is 7.22. The van der Waals surface area contributed by atoms with Gasteiger partial charge in [-0.3, -0.25) is 4.68 Å². The van der Waals surface area contributed by atoms with Gasteiger partial charge in [0.2, 0.25) is 0 Å². The molecule has 1 aliphatic heterocycles. The zero-order valence-electron chi connectivity index (χ0n) is 19.0. The second-order valence-electron chi connectivity index (χ2n) is 9.91. The van der Waals surface area contributed by atoms with Crippen molar-refractivity contribution in [2.24, 2.45) is 0 Å². The van der Waals surface area contributed by atoms with Gasteiger partial charge in [-0.1, -0.05) is 30.6 Å². The highest BCUT2D eigenvalue weighted by Crippen LogP contribution is 2.42. The minimum Gasteiger partial charge on any atom is -0.373 e. The first-order valence-corrected chi connectivity index (χ1v) is 13.0. The maximum Gasteiger partial charge on any atom is 0.187 e. The quantitative estimate of drug-likeness (QED) is 0.519. The summed E-state index contributed by atoms with van der Waals surface area (Å²) in [4.78, 5) is 17.2. The highest BCUT2D eigenvalue weighted by atomic mass is 32.1. The molecule has 0 radical (unpaired) electrons. The van der Waals surface area contributed by atoms with E-state index in [1.807, 2.05) is 6.20 Å². The number of hydrogen-bond acceptors (Lipinski definition) is 7. The average Bonchev–Trinajstić information content (AvgIpc) is 3.38. The van der Waals surface area contributed by atoms with Gasteiger partial charge in [-0.2, -0.15) is 10.1 Å². The van der Waals surface area contributed by atoms with Gasteiger partial charge >= 0.3 is 0 Å². The molecule has 170 valence electrons. The summed E-state index contributed by atoms with van der Waals surface area (Å²) in [6.45, 7) is 0.740. The second kappa shape index (κ2) is 8.37. The molecule has 3 aliphatic rings. The standard InChI is InChI=1S/C24H32N6OS/c1-29(2)24-28-23-21(32-24)20(15-6-4-3-5-7-15)26-22(27-23)16-10-11-31-19(12-16)17-13-25-30(14-17)18-8-9-18/h13-16,18-19H,3-12H2,1-2H3/t16-,19-/m0/s1. The molecule has 2 saturated carbocycles. The van der Waals surface area contributed by atoms with Gasteiger partial charge in [-0.25, -0.2) is 9.97 Å². The van der Waals surface area contributed by atoms with E-state index in [0.29, 0.717) is 17.9 Å². The molecule has 0 amide bonds. The van der Waals surface area contributed by atoms with Crippen LogP contribution in [-0.4, -0.2) is 45.4 Å². The van der Waals surface area contributed by atoms with Gasteiger partial charge in [0.15, 0.2) is 10.8 Å².